The van der Waals surface area contributed by atoms with Crippen molar-refractivity contribution in [2.24, 2.45) is 11.8 Å². The third kappa shape index (κ3) is 4.26. The number of hydrogen-bond acceptors (Lipinski definition) is 0. The minimum atomic E-state index is 0.731. The second kappa shape index (κ2) is 3.71. The van der Waals surface area contributed by atoms with E-state index in [4.69, 9.17) is 0 Å². The van der Waals surface area contributed by atoms with Crippen LogP contribution in [-0.4, -0.2) is 0 Å². The van der Waals surface area contributed by atoms with E-state index in [1.54, 1.807) is 0 Å². The maximum Gasteiger partial charge on any atom is -0.0236 e. The van der Waals surface area contributed by atoms with Crippen molar-refractivity contribution in [2.75, 3.05) is 0 Å². The lowest BCUT2D eigenvalue weighted by molar-refractivity contribution is 0.502. The van der Waals surface area contributed by atoms with Crippen molar-refractivity contribution in [3.8, 4) is 0 Å². The molecule has 0 amide bonds. The van der Waals surface area contributed by atoms with Crippen molar-refractivity contribution in [1.82, 2.24) is 0 Å². The van der Waals surface area contributed by atoms with Gasteiger partial charge >= 0.3 is 0 Å². The monoisotopic (exact) mass is 126 g/mol. The fraction of sp³-hybridized carbons (Fsp3) is 0.778. The SMILES string of the molecule is CC(C)=C[C@@H](C)C(C)C. The first-order valence-corrected chi connectivity index (χ1v) is 3.69. The molecule has 0 saturated heterocycles. The fourth-order valence-corrected chi connectivity index (χ4v) is 0.718. The van der Waals surface area contributed by atoms with Gasteiger partial charge in [-0.15, -0.1) is 0 Å². The lowest BCUT2D eigenvalue weighted by Gasteiger charge is -2.10. The summed E-state index contributed by atoms with van der Waals surface area (Å²) >= 11 is 0. The molecule has 0 aromatic rings. The largest absolute Gasteiger partial charge is 0.0828 e. The lowest BCUT2D eigenvalue weighted by atomic mass is 9.96. The summed E-state index contributed by atoms with van der Waals surface area (Å²) in [6, 6.07) is 0. The second-order valence-corrected chi connectivity index (χ2v) is 3.35. The molecule has 0 saturated carbocycles. The molecule has 0 radical (unpaired) electrons. The highest BCUT2D eigenvalue weighted by Crippen LogP contribution is 2.12. The first kappa shape index (κ1) is 8.74. The third-order valence-corrected chi connectivity index (χ3v) is 1.65. The topological polar surface area (TPSA) is 0 Å². The standard InChI is InChI=1S/C9H18/c1-7(2)6-9(5)8(3)4/h6,8-9H,1-5H3/t9-/m1/s1. The van der Waals surface area contributed by atoms with Crippen molar-refractivity contribution >= 4 is 0 Å². The minimum Gasteiger partial charge on any atom is -0.0828 e. The van der Waals surface area contributed by atoms with Crippen LogP contribution in [0.2, 0.25) is 0 Å². The maximum atomic E-state index is 2.32. The average molecular weight is 126 g/mol. The van der Waals surface area contributed by atoms with Gasteiger partial charge in [-0.05, 0) is 25.7 Å². The summed E-state index contributed by atoms with van der Waals surface area (Å²) in [7, 11) is 0. The van der Waals surface area contributed by atoms with Gasteiger partial charge in [0.1, 0.15) is 0 Å². The van der Waals surface area contributed by atoms with Gasteiger partial charge in [-0.25, -0.2) is 0 Å². The van der Waals surface area contributed by atoms with Crippen LogP contribution >= 0.6 is 0 Å². The smallest absolute Gasteiger partial charge is 0.0236 e. The van der Waals surface area contributed by atoms with Crippen LogP contribution in [0.3, 0.4) is 0 Å². The molecule has 0 heterocycles. The van der Waals surface area contributed by atoms with E-state index in [1.165, 1.54) is 5.57 Å². The van der Waals surface area contributed by atoms with Gasteiger partial charge in [-0.1, -0.05) is 32.4 Å². The van der Waals surface area contributed by atoms with Crippen LogP contribution < -0.4 is 0 Å². The number of rotatable bonds is 2. The molecule has 0 aliphatic heterocycles. The Kier molecular flexibility index (Phi) is 3.60. The zero-order valence-corrected chi connectivity index (χ0v) is 7.23. The van der Waals surface area contributed by atoms with E-state index in [2.05, 4.69) is 40.7 Å². The molecule has 0 fully saturated rings. The quantitative estimate of drug-likeness (QED) is 0.498. The summed E-state index contributed by atoms with van der Waals surface area (Å²) in [6.07, 6.45) is 2.32. The van der Waals surface area contributed by atoms with E-state index in [1.807, 2.05) is 0 Å². The van der Waals surface area contributed by atoms with Gasteiger partial charge in [0.15, 0.2) is 0 Å². The van der Waals surface area contributed by atoms with Crippen molar-refractivity contribution in [3.63, 3.8) is 0 Å². The molecule has 54 valence electrons. The van der Waals surface area contributed by atoms with Gasteiger partial charge in [0.2, 0.25) is 0 Å². The van der Waals surface area contributed by atoms with E-state index >= 15 is 0 Å². The van der Waals surface area contributed by atoms with Crippen LogP contribution in [0.15, 0.2) is 11.6 Å². The molecule has 0 N–H and O–H groups in total. The Bertz CT molecular complexity index is 94.6. The Morgan fingerprint density at radius 3 is 1.67 bits per heavy atom. The van der Waals surface area contributed by atoms with E-state index in [0.717, 1.165) is 11.8 Å². The molecular weight excluding hydrogens is 108 g/mol. The van der Waals surface area contributed by atoms with E-state index in [9.17, 15) is 0 Å². The molecule has 0 aliphatic rings. The Hall–Kier alpha value is -0.260. The zero-order valence-electron chi connectivity index (χ0n) is 7.23. The van der Waals surface area contributed by atoms with Gasteiger partial charge < -0.3 is 0 Å². The molecule has 9 heavy (non-hydrogen) atoms. The normalized spacial score (nSPS) is 13.6. The first-order valence-electron chi connectivity index (χ1n) is 3.69. The van der Waals surface area contributed by atoms with Gasteiger partial charge in [0, 0.05) is 0 Å². The van der Waals surface area contributed by atoms with Crippen LogP contribution in [0.25, 0.3) is 0 Å². The van der Waals surface area contributed by atoms with Crippen molar-refractivity contribution in [3.05, 3.63) is 11.6 Å². The van der Waals surface area contributed by atoms with Crippen LogP contribution in [0.5, 0.6) is 0 Å². The Morgan fingerprint density at radius 2 is 1.56 bits per heavy atom. The Morgan fingerprint density at radius 1 is 1.11 bits per heavy atom. The predicted molar refractivity (Wildman–Crippen MR) is 43.4 cm³/mol. The van der Waals surface area contributed by atoms with E-state index in [0.29, 0.717) is 0 Å². The molecule has 0 aromatic carbocycles. The molecule has 0 bridgehead atoms. The molecule has 0 rings (SSSR count). The molecule has 0 spiro atoms. The molecule has 0 aromatic heterocycles. The summed E-state index contributed by atoms with van der Waals surface area (Å²) in [4.78, 5) is 0. The summed E-state index contributed by atoms with van der Waals surface area (Å²) in [6.45, 7) is 11.1. The number of allylic oxidation sites excluding steroid dienone is 2. The minimum absolute atomic E-state index is 0.731. The number of hydrogen-bond donors (Lipinski definition) is 0. The first-order chi connectivity index (χ1) is 4.04. The summed E-state index contributed by atoms with van der Waals surface area (Å²) in [5.74, 6) is 1.51. The van der Waals surface area contributed by atoms with Crippen LogP contribution in [-0.2, 0) is 0 Å². The van der Waals surface area contributed by atoms with Crippen LogP contribution in [0.4, 0.5) is 0 Å². The highest BCUT2D eigenvalue weighted by Gasteiger charge is 2.01. The van der Waals surface area contributed by atoms with Crippen LogP contribution in [0.1, 0.15) is 34.6 Å². The average Bonchev–Trinajstić information content (AvgIpc) is 1.63. The van der Waals surface area contributed by atoms with Gasteiger partial charge in [-0.2, -0.15) is 0 Å². The Balaban J connectivity index is 3.76. The predicted octanol–water partition coefficient (Wildman–Crippen LogP) is 3.24. The Labute approximate surface area is 59.0 Å². The second-order valence-electron chi connectivity index (χ2n) is 3.35. The van der Waals surface area contributed by atoms with Gasteiger partial charge in [0.25, 0.3) is 0 Å². The van der Waals surface area contributed by atoms with Crippen molar-refractivity contribution in [1.29, 1.82) is 0 Å². The zero-order chi connectivity index (χ0) is 7.44. The molecule has 0 heteroatoms. The highest BCUT2D eigenvalue weighted by atomic mass is 14.1. The summed E-state index contributed by atoms with van der Waals surface area (Å²) in [5.41, 5.74) is 1.43. The van der Waals surface area contributed by atoms with Crippen molar-refractivity contribution in [2.45, 2.75) is 34.6 Å². The molecule has 0 unspecified atom stereocenters. The third-order valence-electron chi connectivity index (χ3n) is 1.65. The maximum absolute atomic E-state index is 2.32. The highest BCUT2D eigenvalue weighted by molar-refractivity contribution is 4.96. The van der Waals surface area contributed by atoms with E-state index < -0.39 is 0 Å². The molecule has 1 atom stereocenters. The van der Waals surface area contributed by atoms with Gasteiger partial charge in [0.05, 0.1) is 0 Å². The summed E-state index contributed by atoms with van der Waals surface area (Å²) in [5, 5.41) is 0. The van der Waals surface area contributed by atoms with E-state index in [-0.39, 0.29) is 0 Å². The molecular formula is C9H18. The summed E-state index contributed by atoms with van der Waals surface area (Å²) < 4.78 is 0. The van der Waals surface area contributed by atoms with Crippen molar-refractivity contribution < 1.29 is 0 Å². The lowest BCUT2D eigenvalue weighted by Crippen LogP contribution is -1.99. The van der Waals surface area contributed by atoms with Crippen LogP contribution in [0, 0.1) is 11.8 Å². The van der Waals surface area contributed by atoms with Gasteiger partial charge in [-0.3, -0.25) is 0 Å². The molecule has 0 nitrogen and oxygen atoms in total. The fourth-order valence-electron chi connectivity index (χ4n) is 0.718. The molecule has 0 aliphatic carbocycles.